The smallest absolute Gasteiger partial charge is 0.296 e. The van der Waals surface area contributed by atoms with E-state index in [-0.39, 0.29) is 30.7 Å². The van der Waals surface area contributed by atoms with Gasteiger partial charge in [-0.25, -0.2) is 9.37 Å². The molecule has 27 heavy (non-hydrogen) atoms. The number of halogens is 1. The lowest BCUT2D eigenvalue weighted by molar-refractivity contribution is -0.119. The van der Waals surface area contributed by atoms with Crippen molar-refractivity contribution in [1.29, 1.82) is 0 Å². The number of hydrogen-bond acceptors (Lipinski definition) is 5. The molecule has 1 aromatic carbocycles. The molecule has 0 bridgehead atoms. The van der Waals surface area contributed by atoms with Crippen LogP contribution < -0.4 is 16.2 Å². The minimum Gasteiger partial charge on any atom is -0.501 e. The van der Waals surface area contributed by atoms with Gasteiger partial charge in [-0.05, 0) is 17.7 Å². The van der Waals surface area contributed by atoms with E-state index in [9.17, 15) is 23.9 Å². The predicted octanol–water partition coefficient (Wildman–Crippen LogP) is 0.795. The summed E-state index contributed by atoms with van der Waals surface area (Å²) in [5, 5.41) is 15.2. The van der Waals surface area contributed by atoms with Crippen molar-refractivity contribution in [3.05, 3.63) is 57.5 Å². The third kappa shape index (κ3) is 4.90. The Morgan fingerprint density at radius 3 is 2.48 bits per heavy atom. The van der Waals surface area contributed by atoms with Gasteiger partial charge in [0.2, 0.25) is 11.7 Å². The van der Waals surface area contributed by atoms with Crippen molar-refractivity contribution in [2.75, 3.05) is 6.54 Å². The fraction of sp³-hybridized carbons (Fsp3) is 0.333. The van der Waals surface area contributed by atoms with Crippen LogP contribution in [0.5, 0.6) is 5.75 Å². The van der Waals surface area contributed by atoms with Gasteiger partial charge in [0.05, 0.1) is 0 Å². The molecule has 1 unspecified atom stereocenters. The average Bonchev–Trinajstić information content (AvgIpc) is 2.63. The summed E-state index contributed by atoms with van der Waals surface area (Å²) >= 11 is 0. The molecule has 0 aliphatic rings. The van der Waals surface area contributed by atoms with E-state index in [1.165, 1.54) is 38.2 Å². The third-order valence-electron chi connectivity index (χ3n) is 3.98. The van der Waals surface area contributed by atoms with Crippen LogP contribution in [0.1, 0.15) is 41.6 Å². The third-order valence-corrected chi connectivity index (χ3v) is 3.98. The maximum atomic E-state index is 12.9. The first-order valence-electron chi connectivity index (χ1n) is 8.27. The molecule has 2 rings (SSSR count). The second kappa shape index (κ2) is 8.43. The summed E-state index contributed by atoms with van der Waals surface area (Å²) < 4.78 is 14.1. The van der Waals surface area contributed by atoms with Gasteiger partial charge < -0.3 is 15.7 Å². The van der Waals surface area contributed by atoms with Gasteiger partial charge in [-0.2, -0.15) is 0 Å². The summed E-state index contributed by atoms with van der Waals surface area (Å²) in [7, 11) is 1.43. The lowest BCUT2D eigenvalue weighted by atomic mass is 10.1. The Labute approximate surface area is 155 Å². The number of aromatic nitrogens is 2. The second-order valence-corrected chi connectivity index (χ2v) is 6.18. The molecule has 2 aromatic rings. The lowest BCUT2D eigenvalue weighted by Crippen LogP contribution is -2.33. The molecule has 0 fully saturated rings. The van der Waals surface area contributed by atoms with Crippen molar-refractivity contribution >= 4 is 11.8 Å². The number of nitrogens with one attached hydrogen (secondary N) is 2. The van der Waals surface area contributed by atoms with Gasteiger partial charge in [0, 0.05) is 33.0 Å². The fourth-order valence-corrected chi connectivity index (χ4v) is 2.46. The highest BCUT2D eigenvalue weighted by Crippen LogP contribution is 2.15. The van der Waals surface area contributed by atoms with E-state index in [2.05, 4.69) is 15.6 Å². The van der Waals surface area contributed by atoms with Crippen molar-refractivity contribution in [2.24, 2.45) is 7.05 Å². The summed E-state index contributed by atoms with van der Waals surface area (Å²) in [5.74, 6) is -2.24. The number of nitrogens with zero attached hydrogens (tertiary/aromatic N) is 2. The van der Waals surface area contributed by atoms with Crippen LogP contribution in [-0.4, -0.2) is 33.0 Å². The zero-order chi connectivity index (χ0) is 20.1. The van der Waals surface area contributed by atoms with Gasteiger partial charge >= 0.3 is 0 Å². The molecule has 144 valence electrons. The number of rotatable bonds is 6. The normalized spacial score (nSPS) is 11.7. The van der Waals surface area contributed by atoms with E-state index in [4.69, 9.17) is 0 Å². The van der Waals surface area contributed by atoms with Crippen molar-refractivity contribution < 1.29 is 19.1 Å². The Hall–Kier alpha value is -3.23. The van der Waals surface area contributed by atoms with Crippen LogP contribution in [0.15, 0.2) is 29.1 Å². The number of hydrogen-bond donors (Lipinski definition) is 3. The van der Waals surface area contributed by atoms with Crippen molar-refractivity contribution in [3.63, 3.8) is 0 Å². The molecule has 8 nitrogen and oxygen atoms in total. The highest BCUT2D eigenvalue weighted by molar-refractivity contribution is 5.94. The van der Waals surface area contributed by atoms with Crippen LogP contribution >= 0.6 is 0 Å². The first-order chi connectivity index (χ1) is 12.7. The number of carbonyl (C=O) groups excluding carboxylic acids is 2. The highest BCUT2D eigenvalue weighted by atomic mass is 19.1. The molecule has 1 aromatic heterocycles. The number of aromatic hydroxyl groups is 1. The van der Waals surface area contributed by atoms with Crippen molar-refractivity contribution in [3.8, 4) is 5.75 Å². The van der Waals surface area contributed by atoms with Gasteiger partial charge in [-0.1, -0.05) is 19.1 Å². The van der Waals surface area contributed by atoms with Gasteiger partial charge in [0.1, 0.15) is 11.6 Å². The molecule has 0 saturated heterocycles. The maximum Gasteiger partial charge on any atom is 0.296 e. The Morgan fingerprint density at radius 2 is 1.89 bits per heavy atom. The molecule has 0 aliphatic heterocycles. The fourth-order valence-electron chi connectivity index (χ4n) is 2.46. The summed E-state index contributed by atoms with van der Waals surface area (Å²) in [5.41, 5.74) is -0.515. The molecule has 1 heterocycles. The minimum atomic E-state index is -0.762. The molecule has 0 aliphatic carbocycles. The minimum absolute atomic E-state index is 0.0756. The Morgan fingerprint density at radius 1 is 1.26 bits per heavy atom. The van der Waals surface area contributed by atoms with Crippen molar-refractivity contribution in [1.82, 2.24) is 20.2 Å². The first-order valence-corrected chi connectivity index (χ1v) is 8.27. The lowest BCUT2D eigenvalue weighted by Gasteiger charge is -2.17. The predicted molar refractivity (Wildman–Crippen MR) is 95.8 cm³/mol. The second-order valence-electron chi connectivity index (χ2n) is 6.18. The number of benzene rings is 1. The van der Waals surface area contributed by atoms with E-state index in [1.807, 2.05) is 0 Å². The molecule has 0 saturated carbocycles. The van der Waals surface area contributed by atoms with Crippen LogP contribution in [-0.2, 0) is 18.4 Å². The molecular weight excluding hydrogens is 355 g/mol. The molecule has 9 heteroatoms. The summed E-state index contributed by atoms with van der Waals surface area (Å²) in [6, 6.07) is 5.54. The van der Waals surface area contributed by atoms with E-state index in [0.717, 1.165) is 4.57 Å². The van der Waals surface area contributed by atoms with Crippen LogP contribution in [0.2, 0.25) is 0 Å². The quantitative estimate of drug-likeness (QED) is 0.690. The molecular formula is C18H21FN4O4. The monoisotopic (exact) mass is 376 g/mol. The van der Waals surface area contributed by atoms with E-state index >= 15 is 0 Å². The van der Waals surface area contributed by atoms with Crippen LogP contribution in [0, 0.1) is 5.82 Å². The van der Waals surface area contributed by atoms with Crippen LogP contribution in [0.25, 0.3) is 0 Å². The standard InChI is InChI=1S/C18H21FN4O4/c1-10(8-20-11(2)24)16-22-14(15(25)18(27)23(16)3)17(26)21-9-12-4-6-13(19)7-5-12/h4-7,10,25H,8-9H2,1-3H3,(H,20,24)(H,21,26). The summed E-state index contributed by atoms with van der Waals surface area (Å²) in [4.78, 5) is 39.8. The SMILES string of the molecule is CC(=O)NCC(C)c1nc(C(=O)NCc2ccc(F)cc2)c(O)c(=O)n1C. The van der Waals surface area contributed by atoms with E-state index < -0.39 is 28.7 Å². The molecule has 2 amide bonds. The van der Waals surface area contributed by atoms with Gasteiger partial charge in [0.15, 0.2) is 5.69 Å². The molecule has 0 radical (unpaired) electrons. The van der Waals surface area contributed by atoms with Crippen molar-refractivity contribution in [2.45, 2.75) is 26.3 Å². The Balaban J connectivity index is 2.24. The van der Waals surface area contributed by atoms with Gasteiger partial charge in [-0.3, -0.25) is 19.0 Å². The zero-order valence-electron chi connectivity index (χ0n) is 15.2. The van der Waals surface area contributed by atoms with Crippen LogP contribution in [0.4, 0.5) is 4.39 Å². The maximum absolute atomic E-state index is 12.9. The number of amides is 2. The summed E-state index contributed by atoms with van der Waals surface area (Å²) in [6.07, 6.45) is 0. The van der Waals surface area contributed by atoms with E-state index in [1.54, 1.807) is 6.92 Å². The summed E-state index contributed by atoms with van der Waals surface area (Å²) in [6.45, 7) is 3.39. The average molecular weight is 376 g/mol. The first kappa shape index (κ1) is 20.1. The molecule has 1 atom stereocenters. The Bertz CT molecular complexity index is 909. The Kier molecular flexibility index (Phi) is 6.27. The number of carbonyl (C=O) groups is 2. The molecule has 3 N–H and O–H groups in total. The van der Waals surface area contributed by atoms with Gasteiger partial charge in [0.25, 0.3) is 11.5 Å². The highest BCUT2D eigenvalue weighted by Gasteiger charge is 2.22. The largest absolute Gasteiger partial charge is 0.501 e. The zero-order valence-corrected chi connectivity index (χ0v) is 15.2. The molecule has 0 spiro atoms. The van der Waals surface area contributed by atoms with E-state index in [0.29, 0.717) is 5.56 Å². The van der Waals surface area contributed by atoms with Crippen LogP contribution in [0.3, 0.4) is 0 Å². The topological polar surface area (TPSA) is 113 Å². The van der Waals surface area contributed by atoms with Gasteiger partial charge in [-0.15, -0.1) is 0 Å².